The van der Waals surface area contributed by atoms with E-state index < -0.39 is 9.05 Å². The first-order valence-electron chi connectivity index (χ1n) is 3.40. The Morgan fingerprint density at radius 2 is 2.00 bits per heavy atom. The van der Waals surface area contributed by atoms with E-state index in [0.717, 1.165) is 0 Å². The van der Waals surface area contributed by atoms with Crippen LogP contribution < -0.4 is 0 Å². The topological polar surface area (TPSA) is 34.1 Å². The van der Waals surface area contributed by atoms with Crippen molar-refractivity contribution >= 4 is 19.7 Å². The summed E-state index contributed by atoms with van der Waals surface area (Å²) >= 11 is 0. The van der Waals surface area contributed by atoms with Gasteiger partial charge in [0.05, 0.1) is 5.75 Å². The molecule has 4 heteroatoms. The molecule has 0 rings (SSSR count). The van der Waals surface area contributed by atoms with Gasteiger partial charge in [-0.05, 0) is 12.3 Å². The van der Waals surface area contributed by atoms with Crippen LogP contribution in [-0.2, 0) is 9.05 Å². The van der Waals surface area contributed by atoms with E-state index in [-0.39, 0.29) is 5.75 Å². The van der Waals surface area contributed by atoms with Crippen LogP contribution in [-0.4, -0.2) is 14.2 Å². The van der Waals surface area contributed by atoms with Gasteiger partial charge in [0.2, 0.25) is 9.05 Å². The molecular weight excluding hydrogens is 184 g/mol. The van der Waals surface area contributed by atoms with Crippen molar-refractivity contribution in [1.82, 2.24) is 0 Å². The number of halogens is 1. The molecule has 66 valence electrons. The molecule has 0 saturated heterocycles. The largest absolute Gasteiger partial charge is 0.236 e. The fourth-order valence-electron chi connectivity index (χ4n) is 0.880. The van der Waals surface area contributed by atoms with E-state index in [1.807, 2.05) is 13.8 Å². The zero-order valence-corrected chi connectivity index (χ0v) is 8.37. The molecule has 2 nitrogen and oxygen atoms in total. The summed E-state index contributed by atoms with van der Waals surface area (Å²) in [6.45, 7) is 7.63. The third-order valence-corrected chi connectivity index (χ3v) is 2.15. The molecule has 0 fully saturated rings. The van der Waals surface area contributed by atoms with Gasteiger partial charge in [0.25, 0.3) is 0 Å². The van der Waals surface area contributed by atoms with Crippen molar-refractivity contribution in [3.05, 3.63) is 12.2 Å². The van der Waals surface area contributed by atoms with Crippen molar-refractivity contribution in [2.75, 3.05) is 5.75 Å². The van der Waals surface area contributed by atoms with Crippen LogP contribution >= 0.6 is 10.7 Å². The average Bonchev–Trinajstić information content (AvgIpc) is 1.53. The lowest BCUT2D eigenvalue weighted by Crippen LogP contribution is -2.02. The number of rotatable bonds is 4. The van der Waals surface area contributed by atoms with Gasteiger partial charge in [-0.2, -0.15) is 0 Å². The molecule has 0 heterocycles. The predicted molar refractivity (Wildman–Crippen MR) is 48.2 cm³/mol. The minimum atomic E-state index is -3.40. The zero-order valence-electron chi connectivity index (χ0n) is 6.80. The van der Waals surface area contributed by atoms with Crippen LogP contribution in [0, 0.1) is 5.92 Å². The molecule has 0 aromatic carbocycles. The Morgan fingerprint density at radius 1 is 1.55 bits per heavy atom. The molecule has 0 aliphatic heterocycles. The highest BCUT2D eigenvalue weighted by Crippen LogP contribution is 2.12. The number of hydrogen-bond acceptors (Lipinski definition) is 2. The third kappa shape index (κ3) is 7.88. The lowest BCUT2D eigenvalue weighted by atomic mass is 10.1. The van der Waals surface area contributed by atoms with Crippen LogP contribution in [0.2, 0.25) is 0 Å². The molecular formula is C7H13ClO2S. The Hall–Kier alpha value is -0.0200. The maximum absolute atomic E-state index is 10.5. The van der Waals surface area contributed by atoms with Crippen molar-refractivity contribution in [2.45, 2.75) is 20.3 Å². The second kappa shape index (κ2) is 4.12. The van der Waals surface area contributed by atoms with E-state index in [0.29, 0.717) is 17.9 Å². The SMILES string of the molecule is C=C(CC(C)C)CS(=O)(=O)Cl. The predicted octanol–water partition coefficient (Wildman–Crippen LogP) is 2.16. The van der Waals surface area contributed by atoms with E-state index in [2.05, 4.69) is 6.58 Å². The number of hydrogen-bond donors (Lipinski definition) is 0. The summed E-state index contributed by atoms with van der Waals surface area (Å²) in [5.41, 5.74) is 0.676. The Balaban J connectivity index is 3.91. The normalized spacial score (nSPS) is 12.0. The molecule has 0 unspecified atom stereocenters. The molecule has 0 bridgehead atoms. The van der Waals surface area contributed by atoms with Gasteiger partial charge >= 0.3 is 0 Å². The van der Waals surface area contributed by atoms with Crippen LogP contribution in [0.25, 0.3) is 0 Å². The summed E-state index contributed by atoms with van der Waals surface area (Å²) < 4.78 is 21.1. The van der Waals surface area contributed by atoms with Gasteiger partial charge in [0.1, 0.15) is 0 Å². The summed E-state index contributed by atoms with van der Waals surface area (Å²) in [5.74, 6) is 0.327. The van der Waals surface area contributed by atoms with Gasteiger partial charge in [-0.1, -0.05) is 26.0 Å². The molecule has 0 aliphatic rings. The third-order valence-electron chi connectivity index (χ3n) is 1.07. The van der Waals surface area contributed by atoms with Crippen LogP contribution in [0.15, 0.2) is 12.2 Å². The molecule has 0 atom stereocenters. The standard InChI is InChI=1S/C7H13ClO2S/c1-6(2)4-7(3)5-11(8,9)10/h6H,3-5H2,1-2H3. The van der Waals surface area contributed by atoms with Gasteiger partial charge in [-0.15, -0.1) is 0 Å². The van der Waals surface area contributed by atoms with Crippen LogP contribution in [0.3, 0.4) is 0 Å². The highest BCUT2D eigenvalue weighted by molar-refractivity contribution is 8.13. The molecule has 0 aromatic rings. The Kier molecular flexibility index (Phi) is 4.11. The minimum absolute atomic E-state index is 0.104. The Morgan fingerprint density at radius 3 is 2.27 bits per heavy atom. The monoisotopic (exact) mass is 196 g/mol. The fourth-order valence-corrected chi connectivity index (χ4v) is 1.95. The van der Waals surface area contributed by atoms with E-state index in [1.165, 1.54) is 0 Å². The highest BCUT2D eigenvalue weighted by atomic mass is 35.7. The lowest BCUT2D eigenvalue weighted by Gasteiger charge is -2.05. The van der Waals surface area contributed by atoms with E-state index in [4.69, 9.17) is 10.7 Å². The van der Waals surface area contributed by atoms with E-state index in [9.17, 15) is 8.42 Å². The van der Waals surface area contributed by atoms with E-state index >= 15 is 0 Å². The average molecular weight is 197 g/mol. The van der Waals surface area contributed by atoms with Gasteiger partial charge in [0, 0.05) is 10.7 Å². The van der Waals surface area contributed by atoms with Crippen molar-refractivity contribution in [2.24, 2.45) is 5.92 Å². The quantitative estimate of drug-likeness (QED) is 0.510. The summed E-state index contributed by atoms with van der Waals surface area (Å²) in [6.07, 6.45) is 0.714. The molecule has 0 radical (unpaired) electrons. The lowest BCUT2D eigenvalue weighted by molar-refractivity contribution is 0.606. The molecule has 0 saturated carbocycles. The van der Waals surface area contributed by atoms with Gasteiger partial charge in [-0.25, -0.2) is 8.42 Å². The van der Waals surface area contributed by atoms with Crippen LogP contribution in [0.5, 0.6) is 0 Å². The van der Waals surface area contributed by atoms with Crippen molar-refractivity contribution in [1.29, 1.82) is 0 Å². The first kappa shape index (κ1) is 11.0. The molecule has 0 aromatic heterocycles. The zero-order chi connectivity index (χ0) is 9.07. The van der Waals surface area contributed by atoms with Gasteiger partial charge < -0.3 is 0 Å². The first-order valence-corrected chi connectivity index (χ1v) is 5.88. The summed E-state index contributed by atoms with van der Waals surface area (Å²) in [6, 6.07) is 0. The second-order valence-corrected chi connectivity index (χ2v) is 5.81. The molecule has 0 aliphatic carbocycles. The smallest absolute Gasteiger partial charge is 0.212 e. The highest BCUT2D eigenvalue weighted by Gasteiger charge is 2.08. The summed E-state index contributed by atoms with van der Waals surface area (Å²) in [5, 5.41) is 0. The molecule has 0 amide bonds. The fraction of sp³-hybridized carbons (Fsp3) is 0.714. The Labute approximate surface area is 72.7 Å². The van der Waals surface area contributed by atoms with Crippen LogP contribution in [0.4, 0.5) is 0 Å². The minimum Gasteiger partial charge on any atom is -0.212 e. The van der Waals surface area contributed by atoms with Crippen molar-refractivity contribution in [3.63, 3.8) is 0 Å². The van der Waals surface area contributed by atoms with Crippen LogP contribution in [0.1, 0.15) is 20.3 Å². The summed E-state index contributed by atoms with van der Waals surface area (Å²) in [4.78, 5) is 0. The Bertz CT molecular complexity index is 229. The van der Waals surface area contributed by atoms with Gasteiger partial charge in [-0.3, -0.25) is 0 Å². The van der Waals surface area contributed by atoms with E-state index in [1.54, 1.807) is 0 Å². The van der Waals surface area contributed by atoms with Crippen molar-refractivity contribution in [3.8, 4) is 0 Å². The summed E-state index contributed by atoms with van der Waals surface area (Å²) in [7, 11) is 1.63. The molecule has 0 spiro atoms. The maximum atomic E-state index is 10.5. The first-order chi connectivity index (χ1) is 4.81. The maximum Gasteiger partial charge on any atom is 0.236 e. The molecule has 0 N–H and O–H groups in total. The second-order valence-electron chi connectivity index (χ2n) is 3.03. The van der Waals surface area contributed by atoms with Crippen molar-refractivity contribution < 1.29 is 8.42 Å². The molecule has 11 heavy (non-hydrogen) atoms. The van der Waals surface area contributed by atoms with Gasteiger partial charge in [0.15, 0.2) is 0 Å².